The molecule has 0 heterocycles. The molecule has 5 atom stereocenters. The summed E-state index contributed by atoms with van der Waals surface area (Å²) in [5.74, 6) is -1.43. The first kappa shape index (κ1) is 29.2. The van der Waals surface area contributed by atoms with Crippen molar-refractivity contribution < 1.29 is 39.8 Å². The van der Waals surface area contributed by atoms with Gasteiger partial charge in [-0.25, -0.2) is 0 Å². The predicted molar refractivity (Wildman–Crippen MR) is 114 cm³/mol. The molecule has 0 aromatic heterocycles. The van der Waals surface area contributed by atoms with Crippen molar-refractivity contribution in [2.75, 3.05) is 19.8 Å². The highest BCUT2D eigenvalue weighted by molar-refractivity contribution is 5.73. The standard InChI is InChI=1S/C22H44O8/c1-3-5-7-9-11-13-19(26)18(12-10-8-6-4-2)21(28)30-22(20(27)15-24)29-16-17(25)14-23/h17-20,22-27H,3-16H2,1-2H3. The van der Waals surface area contributed by atoms with Crippen LogP contribution < -0.4 is 0 Å². The van der Waals surface area contributed by atoms with Crippen LogP contribution in [0.3, 0.4) is 0 Å². The van der Waals surface area contributed by atoms with Gasteiger partial charge in [0.2, 0.25) is 6.29 Å². The summed E-state index contributed by atoms with van der Waals surface area (Å²) in [6.07, 6.45) is 4.96. The molecule has 0 aliphatic carbocycles. The maximum Gasteiger partial charge on any atom is 0.313 e. The lowest BCUT2D eigenvalue weighted by Gasteiger charge is -2.27. The molecule has 0 spiro atoms. The Morgan fingerprint density at radius 3 is 1.90 bits per heavy atom. The second kappa shape index (κ2) is 19.0. The van der Waals surface area contributed by atoms with Gasteiger partial charge in [-0.15, -0.1) is 0 Å². The summed E-state index contributed by atoms with van der Waals surface area (Å²) in [7, 11) is 0. The maximum absolute atomic E-state index is 12.8. The third-order valence-electron chi connectivity index (χ3n) is 5.14. The molecule has 0 saturated heterocycles. The highest BCUT2D eigenvalue weighted by Crippen LogP contribution is 2.22. The van der Waals surface area contributed by atoms with E-state index in [1.165, 1.54) is 0 Å². The highest BCUT2D eigenvalue weighted by Gasteiger charge is 2.32. The van der Waals surface area contributed by atoms with Gasteiger partial charge >= 0.3 is 5.97 Å². The van der Waals surface area contributed by atoms with E-state index in [4.69, 9.17) is 14.6 Å². The van der Waals surface area contributed by atoms with Crippen LogP contribution in [0.4, 0.5) is 0 Å². The van der Waals surface area contributed by atoms with Gasteiger partial charge in [-0.2, -0.15) is 0 Å². The van der Waals surface area contributed by atoms with Crippen molar-refractivity contribution in [1.29, 1.82) is 0 Å². The van der Waals surface area contributed by atoms with Crippen molar-refractivity contribution in [3.8, 4) is 0 Å². The lowest BCUT2D eigenvalue weighted by Crippen LogP contribution is -2.41. The zero-order chi connectivity index (χ0) is 22.8. The molecule has 0 bridgehead atoms. The van der Waals surface area contributed by atoms with Crippen LogP contribution in [0.2, 0.25) is 0 Å². The SMILES string of the molecule is CCCCCCCC(O)C(CCCCCC)C(=O)OC(OCC(O)CO)C(O)CO. The summed E-state index contributed by atoms with van der Waals surface area (Å²) in [5, 5.41) is 48.0. The Kier molecular flexibility index (Phi) is 18.5. The van der Waals surface area contributed by atoms with Crippen molar-refractivity contribution in [3.05, 3.63) is 0 Å². The number of carbonyl (C=O) groups excluding carboxylic acids is 1. The Morgan fingerprint density at radius 2 is 1.33 bits per heavy atom. The summed E-state index contributed by atoms with van der Waals surface area (Å²) >= 11 is 0. The number of ether oxygens (including phenoxy) is 2. The minimum atomic E-state index is -1.49. The summed E-state index contributed by atoms with van der Waals surface area (Å²) < 4.78 is 10.4. The lowest BCUT2D eigenvalue weighted by atomic mass is 9.91. The molecule has 0 fully saturated rings. The molecule has 180 valence electrons. The van der Waals surface area contributed by atoms with E-state index < -0.39 is 49.7 Å². The van der Waals surface area contributed by atoms with Crippen LogP contribution in [0.15, 0.2) is 0 Å². The van der Waals surface area contributed by atoms with Crippen molar-refractivity contribution in [3.63, 3.8) is 0 Å². The number of carbonyl (C=O) groups is 1. The molecule has 0 aromatic carbocycles. The fraction of sp³-hybridized carbons (Fsp3) is 0.955. The largest absolute Gasteiger partial charge is 0.432 e. The van der Waals surface area contributed by atoms with Gasteiger partial charge in [0, 0.05) is 0 Å². The van der Waals surface area contributed by atoms with Gasteiger partial charge in [0.15, 0.2) is 0 Å². The van der Waals surface area contributed by atoms with Crippen LogP contribution >= 0.6 is 0 Å². The van der Waals surface area contributed by atoms with E-state index in [1.54, 1.807) is 0 Å². The number of aliphatic hydroxyl groups excluding tert-OH is 5. The molecule has 5 N–H and O–H groups in total. The van der Waals surface area contributed by atoms with Gasteiger partial charge in [-0.1, -0.05) is 71.6 Å². The number of esters is 1. The smallest absolute Gasteiger partial charge is 0.313 e. The van der Waals surface area contributed by atoms with Gasteiger partial charge in [0.05, 0.1) is 31.8 Å². The molecule has 8 heteroatoms. The molecule has 0 amide bonds. The zero-order valence-corrected chi connectivity index (χ0v) is 18.7. The first-order valence-corrected chi connectivity index (χ1v) is 11.5. The summed E-state index contributed by atoms with van der Waals surface area (Å²) in [4.78, 5) is 12.8. The van der Waals surface area contributed by atoms with Crippen LogP contribution in [-0.4, -0.2) is 75.9 Å². The van der Waals surface area contributed by atoms with Gasteiger partial charge < -0.3 is 35.0 Å². The van der Waals surface area contributed by atoms with E-state index in [1.807, 2.05) is 0 Å². The highest BCUT2D eigenvalue weighted by atomic mass is 16.7. The number of rotatable bonds is 20. The number of unbranched alkanes of at least 4 members (excludes halogenated alkanes) is 7. The van der Waals surface area contributed by atoms with Crippen LogP contribution in [-0.2, 0) is 14.3 Å². The quantitative estimate of drug-likeness (QED) is 0.111. The van der Waals surface area contributed by atoms with Gasteiger partial charge in [-0.05, 0) is 12.8 Å². The third kappa shape index (κ3) is 13.5. The molecule has 0 aliphatic rings. The van der Waals surface area contributed by atoms with Crippen molar-refractivity contribution in [2.45, 2.75) is 109 Å². The fourth-order valence-electron chi connectivity index (χ4n) is 3.19. The van der Waals surface area contributed by atoms with Crippen LogP contribution in [0, 0.1) is 5.92 Å². The van der Waals surface area contributed by atoms with Crippen molar-refractivity contribution in [2.24, 2.45) is 5.92 Å². The van der Waals surface area contributed by atoms with E-state index >= 15 is 0 Å². The van der Waals surface area contributed by atoms with Crippen LogP contribution in [0.1, 0.15) is 84.5 Å². The molecule has 0 aromatic rings. The van der Waals surface area contributed by atoms with Gasteiger partial charge in [-0.3, -0.25) is 4.79 Å². The minimum absolute atomic E-state index is 0.368. The number of hydrogen-bond donors (Lipinski definition) is 5. The molecule has 8 nitrogen and oxygen atoms in total. The van der Waals surface area contributed by atoms with Crippen LogP contribution in [0.25, 0.3) is 0 Å². The average molecular weight is 437 g/mol. The summed E-state index contributed by atoms with van der Waals surface area (Å²) in [6, 6.07) is 0. The monoisotopic (exact) mass is 436 g/mol. The Balaban J connectivity index is 4.92. The third-order valence-corrected chi connectivity index (χ3v) is 5.14. The number of aliphatic hydroxyl groups is 5. The maximum atomic E-state index is 12.8. The zero-order valence-electron chi connectivity index (χ0n) is 18.7. The Labute approximate surface area is 181 Å². The Morgan fingerprint density at radius 1 is 0.767 bits per heavy atom. The van der Waals surface area contributed by atoms with E-state index in [0.717, 1.165) is 57.8 Å². The van der Waals surface area contributed by atoms with Gasteiger partial charge in [0.1, 0.15) is 12.2 Å². The molecule has 0 rings (SSSR count). The Hall–Kier alpha value is -0.770. The van der Waals surface area contributed by atoms with Crippen molar-refractivity contribution >= 4 is 5.97 Å². The minimum Gasteiger partial charge on any atom is -0.432 e. The first-order chi connectivity index (χ1) is 14.4. The molecule has 0 saturated carbocycles. The topological polar surface area (TPSA) is 137 Å². The Bertz CT molecular complexity index is 407. The molecule has 0 radical (unpaired) electrons. The molecule has 5 unspecified atom stereocenters. The first-order valence-electron chi connectivity index (χ1n) is 11.5. The van der Waals surface area contributed by atoms with Crippen molar-refractivity contribution in [1.82, 2.24) is 0 Å². The second-order valence-electron chi connectivity index (χ2n) is 7.95. The molecular weight excluding hydrogens is 392 g/mol. The van der Waals surface area contributed by atoms with E-state index in [2.05, 4.69) is 13.8 Å². The predicted octanol–water partition coefficient (Wildman–Crippen LogP) is 1.89. The van der Waals surface area contributed by atoms with Crippen LogP contribution in [0.5, 0.6) is 0 Å². The molecule has 30 heavy (non-hydrogen) atoms. The number of hydrogen-bond acceptors (Lipinski definition) is 8. The normalized spacial score (nSPS) is 16.6. The summed E-state index contributed by atoms with van der Waals surface area (Å²) in [5.41, 5.74) is 0. The molecule has 0 aliphatic heterocycles. The summed E-state index contributed by atoms with van der Waals surface area (Å²) in [6.45, 7) is 2.61. The fourth-order valence-corrected chi connectivity index (χ4v) is 3.19. The average Bonchev–Trinajstić information content (AvgIpc) is 2.75. The van der Waals surface area contributed by atoms with Gasteiger partial charge in [0.25, 0.3) is 0 Å². The van der Waals surface area contributed by atoms with E-state index in [-0.39, 0.29) is 6.61 Å². The molecular formula is C22H44O8. The van der Waals surface area contributed by atoms with E-state index in [0.29, 0.717) is 12.8 Å². The van der Waals surface area contributed by atoms with E-state index in [9.17, 15) is 25.2 Å². The lowest BCUT2D eigenvalue weighted by molar-refractivity contribution is -0.220. The second-order valence-corrected chi connectivity index (χ2v) is 7.95.